The van der Waals surface area contributed by atoms with Crippen LogP contribution in [0.25, 0.3) is 0 Å². The van der Waals surface area contributed by atoms with Crippen molar-refractivity contribution >= 4 is 5.91 Å². The number of aliphatic hydroxyl groups is 1. The van der Waals surface area contributed by atoms with Crippen molar-refractivity contribution in [2.24, 2.45) is 0 Å². The van der Waals surface area contributed by atoms with E-state index in [1.54, 1.807) is 0 Å². The van der Waals surface area contributed by atoms with E-state index in [1.165, 1.54) is 6.42 Å². The SMILES string of the molecule is CC1CC(NC(=O)CC2(O)CCCCC2)CC(C)O1. The molecule has 1 amide bonds. The molecule has 4 nitrogen and oxygen atoms in total. The third-order valence-corrected chi connectivity index (χ3v) is 4.34. The fraction of sp³-hybridized carbons (Fsp3) is 0.933. The van der Waals surface area contributed by atoms with Crippen molar-refractivity contribution in [3.8, 4) is 0 Å². The van der Waals surface area contributed by atoms with Gasteiger partial charge in [0.2, 0.25) is 5.91 Å². The van der Waals surface area contributed by atoms with Gasteiger partial charge in [-0.15, -0.1) is 0 Å². The Hall–Kier alpha value is -0.610. The second-order valence-electron chi connectivity index (χ2n) is 6.45. The smallest absolute Gasteiger partial charge is 0.223 e. The number of nitrogens with one attached hydrogen (secondary N) is 1. The average Bonchev–Trinajstić information content (AvgIpc) is 2.27. The standard InChI is InChI=1S/C15H27NO3/c1-11-8-13(9-12(2)19-11)16-14(17)10-15(18)6-4-3-5-7-15/h11-13,18H,3-10H2,1-2H3,(H,16,17). The Balaban J connectivity index is 1.80. The highest BCUT2D eigenvalue weighted by Crippen LogP contribution is 2.31. The molecule has 0 aromatic carbocycles. The number of hydrogen-bond acceptors (Lipinski definition) is 3. The topological polar surface area (TPSA) is 58.6 Å². The van der Waals surface area contributed by atoms with Crippen LogP contribution in [-0.4, -0.2) is 34.9 Å². The van der Waals surface area contributed by atoms with E-state index < -0.39 is 5.60 Å². The highest BCUT2D eigenvalue weighted by molar-refractivity contribution is 5.77. The quantitative estimate of drug-likeness (QED) is 0.825. The molecule has 110 valence electrons. The number of hydrogen-bond donors (Lipinski definition) is 2. The van der Waals surface area contributed by atoms with Crippen LogP contribution in [0.4, 0.5) is 0 Å². The summed E-state index contributed by atoms with van der Waals surface area (Å²) < 4.78 is 5.67. The van der Waals surface area contributed by atoms with Crippen molar-refractivity contribution < 1.29 is 14.6 Å². The molecule has 0 bridgehead atoms. The second-order valence-corrected chi connectivity index (χ2v) is 6.45. The van der Waals surface area contributed by atoms with E-state index in [-0.39, 0.29) is 30.6 Å². The first kappa shape index (κ1) is 14.8. The van der Waals surface area contributed by atoms with Crippen LogP contribution in [0.15, 0.2) is 0 Å². The van der Waals surface area contributed by atoms with Crippen molar-refractivity contribution in [1.82, 2.24) is 5.32 Å². The lowest BCUT2D eigenvalue weighted by Crippen LogP contribution is -2.46. The Bertz CT molecular complexity index is 303. The Kier molecular flexibility index (Phi) is 4.85. The maximum Gasteiger partial charge on any atom is 0.223 e. The van der Waals surface area contributed by atoms with Gasteiger partial charge in [-0.1, -0.05) is 19.3 Å². The average molecular weight is 269 g/mol. The van der Waals surface area contributed by atoms with Crippen LogP contribution >= 0.6 is 0 Å². The lowest BCUT2D eigenvalue weighted by Gasteiger charge is -2.35. The Morgan fingerprint density at radius 1 is 1.21 bits per heavy atom. The van der Waals surface area contributed by atoms with Crippen LogP contribution in [0.2, 0.25) is 0 Å². The second kappa shape index (κ2) is 6.23. The largest absolute Gasteiger partial charge is 0.389 e. The maximum atomic E-state index is 12.1. The molecule has 0 aromatic rings. The molecular formula is C15H27NO3. The number of ether oxygens (including phenoxy) is 1. The zero-order chi connectivity index (χ0) is 13.9. The molecule has 2 aliphatic rings. The molecule has 1 heterocycles. The molecule has 2 atom stereocenters. The van der Waals surface area contributed by atoms with Crippen LogP contribution in [0.1, 0.15) is 65.2 Å². The van der Waals surface area contributed by atoms with Gasteiger partial charge in [-0.2, -0.15) is 0 Å². The third-order valence-electron chi connectivity index (χ3n) is 4.34. The van der Waals surface area contributed by atoms with Crippen LogP contribution in [-0.2, 0) is 9.53 Å². The van der Waals surface area contributed by atoms with Gasteiger partial charge in [-0.05, 0) is 39.5 Å². The number of rotatable bonds is 3. The summed E-state index contributed by atoms with van der Waals surface area (Å²) in [5.74, 6) is -0.00398. The zero-order valence-electron chi connectivity index (χ0n) is 12.2. The van der Waals surface area contributed by atoms with Gasteiger partial charge >= 0.3 is 0 Å². The summed E-state index contributed by atoms with van der Waals surface area (Å²) >= 11 is 0. The van der Waals surface area contributed by atoms with E-state index in [0.29, 0.717) is 0 Å². The monoisotopic (exact) mass is 269 g/mol. The van der Waals surface area contributed by atoms with E-state index in [0.717, 1.165) is 38.5 Å². The van der Waals surface area contributed by atoms with Gasteiger partial charge in [-0.3, -0.25) is 4.79 Å². The predicted octanol–water partition coefficient (Wildman–Crippen LogP) is 2.14. The van der Waals surface area contributed by atoms with Crippen LogP contribution in [0.3, 0.4) is 0 Å². The van der Waals surface area contributed by atoms with Gasteiger partial charge in [0.05, 0.1) is 24.2 Å². The summed E-state index contributed by atoms with van der Waals surface area (Å²) in [6.07, 6.45) is 7.18. The van der Waals surface area contributed by atoms with Gasteiger partial charge < -0.3 is 15.2 Å². The van der Waals surface area contributed by atoms with Gasteiger partial charge in [0.15, 0.2) is 0 Å². The minimum absolute atomic E-state index is 0.00398. The third kappa shape index (κ3) is 4.46. The predicted molar refractivity (Wildman–Crippen MR) is 73.8 cm³/mol. The molecule has 0 spiro atoms. The molecular weight excluding hydrogens is 242 g/mol. The highest BCUT2D eigenvalue weighted by Gasteiger charge is 2.33. The van der Waals surface area contributed by atoms with E-state index in [1.807, 2.05) is 13.8 Å². The van der Waals surface area contributed by atoms with Crippen molar-refractivity contribution in [3.05, 3.63) is 0 Å². The summed E-state index contributed by atoms with van der Waals surface area (Å²) in [5.41, 5.74) is -0.759. The highest BCUT2D eigenvalue weighted by atomic mass is 16.5. The van der Waals surface area contributed by atoms with Crippen molar-refractivity contribution in [3.63, 3.8) is 0 Å². The lowest BCUT2D eigenvalue weighted by molar-refractivity contribution is -0.129. The first-order chi connectivity index (χ1) is 8.97. The van der Waals surface area contributed by atoms with E-state index >= 15 is 0 Å². The molecule has 1 saturated heterocycles. The summed E-state index contributed by atoms with van der Waals surface area (Å²) in [5, 5.41) is 13.5. The zero-order valence-corrected chi connectivity index (χ0v) is 12.2. The Labute approximate surface area is 115 Å². The summed E-state index contributed by atoms with van der Waals surface area (Å²) in [6.45, 7) is 4.09. The van der Waals surface area contributed by atoms with Crippen molar-refractivity contribution in [2.45, 2.75) is 89.1 Å². The first-order valence-electron chi connectivity index (χ1n) is 7.64. The summed E-state index contributed by atoms with van der Waals surface area (Å²) in [6, 6.07) is 0.193. The van der Waals surface area contributed by atoms with Crippen molar-refractivity contribution in [1.29, 1.82) is 0 Å². The Morgan fingerprint density at radius 3 is 2.37 bits per heavy atom. The molecule has 0 radical (unpaired) electrons. The van der Waals surface area contributed by atoms with Gasteiger partial charge in [0, 0.05) is 6.04 Å². The molecule has 4 heteroatoms. The fourth-order valence-corrected chi connectivity index (χ4v) is 3.49. The number of amides is 1. The first-order valence-corrected chi connectivity index (χ1v) is 7.64. The molecule has 19 heavy (non-hydrogen) atoms. The molecule has 1 aliphatic heterocycles. The molecule has 0 aromatic heterocycles. The molecule has 2 fully saturated rings. The van der Waals surface area contributed by atoms with Gasteiger partial charge in [0.25, 0.3) is 0 Å². The van der Waals surface area contributed by atoms with E-state index in [4.69, 9.17) is 4.74 Å². The minimum atomic E-state index is -0.759. The van der Waals surface area contributed by atoms with E-state index in [9.17, 15) is 9.90 Å². The Morgan fingerprint density at radius 2 is 1.79 bits per heavy atom. The number of carbonyl (C=O) groups is 1. The van der Waals surface area contributed by atoms with Crippen LogP contribution in [0.5, 0.6) is 0 Å². The van der Waals surface area contributed by atoms with Crippen molar-refractivity contribution in [2.75, 3.05) is 0 Å². The maximum absolute atomic E-state index is 12.1. The van der Waals surface area contributed by atoms with E-state index in [2.05, 4.69) is 5.32 Å². The van der Waals surface area contributed by atoms with Gasteiger partial charge in [-0.25, -0.2) is 0 Å². The minimum Gasteiger partial charge on any atom is -0.389 e. The summed E-state index contributed by atoms with van der Waals surface area (Å²) in [7, 11) is 0. The van der Waals surface area contributed by atoms with Crippen LogP contribution < -0.4 is 5.32 Å². The molecule has 1 saturated carbocycles. The number of carbonyl (C=O) groups excluding carboxylic acids is 1. The van der Waals surface area contributed by atoms with Crippen LogP contribution in [0, 0.1) is 0 Å². The molecule has 1 aliphatic carbocycles. The lowest BCUT2D eigenvalue weighted by atomic mass is 9.82. The fourth-order valence-electron chi connectivity index (χ4n) is 3.49. The molecule has 2 N–H and O–H groups in total. The molecule has 2 rings (SSSR count). The van der Waals surface area contributed by atoms with Gasteiger partial charge in [0.1, 0.15) is 0 Å². The molecule has 2 unspecified atom stereocenters. The normalized spacial score (nSPS) is 34.8. The summed E-state index contributed by atoms with van der Waals surface area (Å²) in [4.78, 5) is 12.1.